The third-order valence-electron chi connectivity index (χ3n) is 4.25. The Bertz CT molecular complexity index is 1160. The number of nitrogens with one attached hydrogen (secondary N) is 2. The summed E-state index contributed by atoms with van der Waals surface area (Å²) >= 11 is 7.51. The molecule has 138 valence electrons. The van der Waals surface area contributed by atoms with E-state index in [9.17, 15) is 4.79 Å². The number of carbonyl (C=O) groups excluding carboxylic acids is 1. The molecule has 27 heavy (non-hydrogen) atoms. The quantitative estimate of drug-likeness (QED) is 0.446. The molecule has 4 aromatic rings. The number of anilines is 2. The fourth-order valence-electron chi connectivity index (χ4n) is 3.06. The van der Waals surface area contributed by atoms with Crippen LogP contribution in [0.15, 0.2) is 30.3 Å². The summed E-state index contributed by atoms with van der Waals surface area (Å²) in [7, 11) is 0. The van der Waals surface area contributed by atoms with Crippen LogP contribution in [-0.4, -0.2) is 20.9 Å². The molecule has 2 aromatic carbocycles. The summed E-state index contributed by atoms with van der Waals surface area (Å²) in [6.07, 6.45) is 0.880. The molecule has 0 bridgehead atoms. The van der Waals surface area contributed by atoms with Gasteiger partial charge in [0.25, 0.3) is 0 Å². The molecule has 0 aliphatic heterocycles. The number of nitrogens with zero attached hydrogens (tertiary/aromatic N) is 2. The SMILES string of the molecule is CC(C)Cc1ccc(C(N)=O)cc1Nc1nc2c(ccc3[nH]c(Cl)nc32)s1. The molecule has 1 amide bonds. The molecule has 0 aliphatic carbocycles. The van der Waals surface area contributed by atoms with Gasteiger partial charge in [-0.2, -0.15) is 0 Å². The number of hydrogen-bond donors (Lipinski definition) is 3. The molecule has 0 saturated heterocycles. The van der Waals surface area contributed by atoms with Crippen LogP contribution < -0.4 is 11.1 Å². The lowest BCUT2D eigenvalue weighted by atomic mass is 9.99. The molecule has 6 nitrogen and oxygen atoms in total. The zero-order valence-corrected chi connectivity index (χ0v) is 16.4. The van der Waals surface area contributed by atoms with Gasteiger partial charge in [0.1, 0.15) is 11.0 Å². The van der Waals surface area contributed by atoms with Crippen LogP contribution in [0.25, 0.3) is 21.3 Å². The molecule has 4 N–H and O–H groups in total. The van der Waals surface area contributed by atoms with Crippen LogP contribution in [0.5, 0.6) is 0 Å². The standard InChI is InChI=1S/C19H18ClN5OS/c1-9(2)7-10-3-4-11(17(21)26)8-13(10)23-19-25-16-14(27-19)6-5-12-15(16)24-18(20)22-12/h3-6,8-9H,7H2,1-2H3,(H2,21,26)(H,22,24)(H,23,25). The van der Waals surface area contributed by atoms with Crippen LogP contribution in [0.3, 0.4) is 0 Å². The number of H-pyrrole nitrogens is 1. The topological polar surface area (TPSA) is 96.7 Å². The summed E-state index contributed by atoms with van der Waals surface area (Å²) in [6.45, 7) is 4.31. The molecule has 8 heteroatoms. The van der Waals surface area contributed by atoms with Gasteiger partial charge in [-0.1, -0.05) is 31.3 Å². The van der Waals surface area contributed by atoms with Gasteiger partial charge >= 0.3 is 0 Å². The second-order valence-electron chi connectivity index (χ2n) is 6.81. The second kappa shape index (κ2) is 6.83. The van der Waals surface area contributed by atoms with Crippen LogP contribution in [0.1, 0.15) is 29.8 Å². The molecule has 0 radical (unpaired) electrons. The van der Waals surface area contributed by atoms with Crippen molar-refractivity contribution in [2.75, 3.05) is 5.32 Å². The Morgan fingerprint density at radius 3 is 2.81 bits per heavy atom. The zero-order valence-electron chi connectivity index (χ0n) is 14.8. The number of benzene rings is 2. The lowest BCUT2D eigenvalue weighted by Crippen LogP contribution is -2.12. The third kappa shape index (κ3) is 3.48. The monoisotopic (exact) mass is 399 g/mol. The van der Waals surface area contributed by atoms with Crippen LogP contribution in [0, 0.1) is 5.92 Å². The van der Waals surface area contributed by atoms with E-state index in [1.807, 2.05) is 18.2 Å². The summed E-state index contributed by atoms with van der Waals surface area (Å²) in [5, 5.41) is 4.43. The Morgan fingerprint density at radius 2 is 2.07 bits per heavy atom. The summed E-state index contributed by atoms with van der Waals surface area (Å²) in [5.41, 5.74) is 10.3. The Balaban J connectivity index is 1.77. The van der Waals surface area contributed by atoms with Gasteiger partial charge in [0, 0.05) is 11.3 Å². The predicted octanol–water partition coefficient (Wildman–Crippen LogP) is 4.87. The molecule has 2 heterocycles. The summed E-state index contributed by atoms with van der Waals surface area (Å²) in [5.74, 6) is 0.0255. The minimum atomic E-state index is -0.452. The van der Waals surface area contributed by atoms with Gasteiger partial charge in [-0.15, -0.1) is 0 Å². The third-order valence-corrected chi connectivity index (χ3v) is 5.36. The lowest BCUT2D eigenvalue weighted by molar-refractivity contribution is 0.100. The summed E-state index contributed by atoms with van der Waals surface area (Å²) in [4.78, 5) is 23.6. The lowest BCUT2D eigenvalue weighted by Gasteiger charge is -2.13. The second-order valence-corrected chi connectivity index (χ2v) is 8.20. The highest BCUT2D eigenvalue weighted by Crippen LogP contribution is 2.34. The fraction of sp³-hybridized carbons (Fsp3) is 0.211. The van der Waals surface area contributed by atoms with Gasteiger partial charge in [0.15, 0.2) is 5.13 Å². The van der Waals surface area contributed by atoms with Crippen molar-refractivity contribution in [1.82, 2.24) is 15.0 Å². The van der Waals surface area contributed by atoms with E-state index in [1.54, 1.807) is 12.1 Å². The number of thiazole rings is 1. The minimum Gasteiger partial charge on any atom is -0.366 e. The first-order valence-electron chi connectivity index (χ1n) is 8.55. The van der Waals surface area contributed by atoms with Gasteiger partial charge in [-0.25, -0.2) is 9.97 Å². The Hall–Kier alpha value is -2.64. The van der Waals surface area contributed by atoms with E-state index in [0.29, 0.717) is 16.8 Å². The minimum absolute atomic E-state index is 0.341. The van der Waals surface area contributed by atoms with E-state index >= 15 is 0 Å². The van der Waals surface area contributed by atoms with Crippen molar-refractivity contribution in [2.24, 2.45) is 11.7 Å². The maximum atomic E-state index is 11.6. The molecule has 0 spiro atoms. The highest BCUT2D eigenvalue weighted by Gasteiger charge is 2.14. The number of halogens is 1. The molecule has 2 aromatic heterocycles. The fourth-order valence-corrected chi connectivity index (χ4v) is 4.13. The molecule has 0 saturated carbocycles. The summed E-state index contributed by atoms with van der Waals surface area (Å²) in [6, 6.07) is 9.42. The number of fused-ring (bicyclic) bond motifs is 3. The van der Waals surface area contributed by atoms with E-state index in [4.69, 9.17) is 22.3 Å². The largest absolute Gasteiger partial charge is 0.366 e. The molecule has 4 rings (SSSR count). The highest BCUT2D eigenvalue weighted by molar-refractivity contribution is 7.22. The number of aromatic amines is 1. The number of imidazole rings is 1. The number of nitrogens with two attached hydrogens (primary N) is 1. The Labute approximate surface area is 164 Å². The van der Waals surface area contributed by atoms with Crippen molar-refractivity contribution in [2.45, 2.75) is 20.3 Å². The Kier molecular flexibility index (Phi) is 4.49. The number of amides is 1. The maximum absolute atomic E-state index is 11.6. The number of hydrogen-bond acceptors (Lipinski definition) is 5. The van der Waals surface area contributed by atoms with Gasteiger partial charge in [0.05, 0.1) is 10.2 Å². The molecule has 0 atom stereocenters. The van der Waals surface area contributed by atoms with Gasteiger partial charge < -0.3 is 16.0 Å². The first-order valence-corrected chi connectivity index (χ1v) is 9.74. The van der Waals surface area contributed by atoms with E-state index in [2.05, 4.69) is 29.1 Å². The van der Waals surface area contributed by atoms with Gasteiger partial charge in [-0.3, -0.25) is 4.79 Å². The van der Waals surface area contributed by atoms with Crippen molar-refractivity contribution >= 4 is 60.9 Å². The average Bonchev–Trinajstić information content (AvgIpc) is 3.17. The summed E-state index contributed by atoms with van der Waals surface area (Å²) < 4.78 is 1.00. The molecular weight excluding hydrogens is 382 g/mol. The van der Waals surface area contributed by atoms with Crippen LogP contribution in [-0.2, 0) is 6.42 Å². The van der Waals surface area contributed by atoms with Crippen molar-refractivity contribution < 1.29 is 4.79 Å². The first-order chi connectivity index (χ1) is 12.9. The Morgan fingerprint density at radius 1 is 1.26 bits per heavy atom. The van der Waals surface area contributed by atoms with E-state index in [-0.39, 0.29) is 0 Å². The van der Waals surface area contributed by atoms with Crippen molar-refractivity contribution in [3.05, 3.63) is 46.7 Å². The number of carbonyl (C=O) groups is 1. The molecular formula is C19H18ClN5OS. The zero-order chi connectivity index (χ0) is 19.1. The number of aromatic nitrogens is 3. The van der Waals surface area contributed by atoms with Crippen molar-refractivity contribution in [3.8, 4) is 0 Å². The molecule has 0 fully saturated rings. The number of primary amides is 1. The van der Waals surface area contributed by atoms with Crippen LogP contribution in [0.4, 0.5) is 10.8 Å². The van der Waals surface area contributed by atoms with Crippen LogP contribution >= 0.6 is 22.9 Å². The number of rotatable bonds is 5. The van der Waals surface area contributed by atoms with Gasteiger partial charge in [0.2, 0.25) is 11.2 Å². The van der Waals surface area contributed by atoms with E-state index in [0.717, 1.165) is 44.1 Å². The predicted molar refractivity (Wildman–Crippen MR) is 111 cm³/mol. The normalized spacial score (nSPS) is 11.6. The smallest absolute Gasteiger partial charge is 0.248 e. The molecule has 0 aliphatic rings. The average molecular weight is 400 g/mol. The van der Waals surface area contributed by atoms with E-state index < -0.39 is 5.91 Å². The van der Waals surface area contributed by atoms with Crippen molar-refractivity contribution in [3.63, 3.8) is 0 Å². The van der Waals surface area contributed by atoms with E-state index in [1.165, 1.54) is 11.3 Å². The van der Waals surface area contributed by atoms with Crippen LogP contribution in [0.2, 0.25) is 5.28 Å². The highest BCUT2D eigenvalue weighted by atomic mass is 35.5. The van der Waals surface area contributed by atoms with Gasteiger partial charge in [-0.05, 0) is 53.8 Å². The maximum Gasteiger partial charge on any atom is 0.248 e. The molecule has 0 unspecified atom stereocenters. The van der Waals surface area contributed by atoms with Crippen molar-refractivity contribution in [1.29, 1.82) is 0 Å². The first kappa shape index (κ1) is 17.8.